The van der Waals surface area contributed by atoms with E-state index in [1.807, 2.05) is 0 Å². The number of carbonyl (C=O) groups excluding carboxylic acids is 2. The molecule has 0 aromatic heterocycles. The topological polar surface area (TPSA) is 55.4 Å². The Labute approximate surface area is 64.9 Å². The second kappa shape index (κ2) is 2.90. The van der Waals surface area contributed by atoms with Crippen LogP contribution in [0.15, 0.2) is 0 Å². The Morgan fingerprint density at radius 2 is 2.36 bits per heavy atom. The van der Waals surface area contributed by atoms with E-state index in [1.54, 1.807) is 6.92 Å². The molecule has 0 aliphatic carbocycles. The molecule has 4 heteroatoms. The van der Waals surface area contributed by atoms with Crippen molar-refractivity contribution in [3.63, 3.8) is 0 Å². The molecule has 0 radical (unpaired) electrons. The summed E-state index contributed by atoms with van der Waals surface area (Å²) in [4.78, 5) is 21.7. The average Bonchev–Trinajstić information content (AvgIpc) is 2.28. The Balaban J connectivity index is 2.59. The number of carbonyl (C=O) groups is 2. The molecule has 4 nitrogen and oxygen atoms in total. The molecule has 0 spiro atoms. The molecule has 0 aromatic carbocycles. The lowest BCUT2D eigenvalue weighted by atomic mass is 10.0. The molecule has 1 aliphatic rings. The summed E-state index contributed by atoms with van der Waals surface area (Å²) in [6.45, 7) is 1.80. The van der Waals surface area contributed by atoms with Crippen LogP contribution in [-0.4, -0.2) is 25.0 Å². The third kappa shape index (κ3) is 1.50. The SMILES string of the molecule is COC(=O)C1CC(=O)NC1C. The lowest BCUT2D eigenvalue weighted by Crippen LogP contribution is -2.29. The maximum absolute atomic E-state index is 11.0. The van der Waals surface area contributed by atoms with Gasteiger partial charge in [-0.05, 0) is 6.92 Å². The third-order valence-electron chi connectivity index (χ3n) is 1.90. The normalized spacial score (nSPS) is 29.8. The van der Waals surface area contributed by atoms with Crippen LogP contribution in [-0.2, 0) is 14.3 Å². The lowest BCUT2D eigenvalue weighted by Gasteiger charge is -2.10. The van der Waals surface area contributed by atoms with Gasteiger partial charge in [-0.2, -0.15) is 0 Å². The first-order valence-corrected chi connectivity index (χ1v) is 3.52. The highest BCUT2D eigenvalue weighted by Gasteiger charge is 2.35. The Hall–Kier alpha value is -1.06. The van der Waals surface area contributed by atoms with Gasteiger partial charge in [-0.3, -0.25) is 9.59 Å². The summed E-state index contributed by atoms with van der Waals surface area (Å²) in [5.74, 6) is -0.684. The van der Waals surface area contributed by atoms with Crippen molar-refractivity contribution in [1.29, 1.82) is 0 Å². The highest BCUT2D eigenvalue weighted by Crippen LogP contribution is 2.16. The van der Waals surface area contributed by atoms with Gasteiger partial charge in [-0.25, -0.2) is 0 Å². The highest BCUT2D eigenvalue weighted by molar-refractivity contribution is 5.87. The summed E-state index contributed by atoms with van der Waals surface area (Å²) in [6, 6.07) is -0.0880. The van der Waals surface area contributed by atoms with Crippen molar-refractivity contribution in [3.05, 3.63) is 0 Å². The van der Waals surface area contributed by atoms with E-state index in [2.05, 4.69) is 10.1 Å². The van der Waals surface area contributed by atoms with E-state index >= 15 is 0 Å². The van der Waals surface area contributed by atoms with Gasteiger partial charge in [0, 0.05) is 12.5 Å². The Morgan fingerprint density at radius 1 is 1.73 bits per heavy atom. The standard InChI is InChI=1S/C7H11NO3/c1-4-5(7(10)11-2)3-6(9)8-4/h4-5H,3H2,1-2H3,(H,8,9). The first-order chi connectivity index (χ1) is 5.15. The minimum absolute atomic E-state index is 0.0760. The second-order valence-electron chi connectivity index (χ2n) is 2.69. The summed E-state index contributed by atoms with van der Waals surface area (Å²) < 4.78 is 4.52. The molecule has 1 amide bonds. The van der Waals surface area contributed by atoms with Crippen LogP contribution < -0.4 is 5.32 Å². The maximum atomic E-state index is 11.0. The first kappa shape index (κ1) is 8.04. The minimum atomic E-state index is -0.309. The molecule has 2 unspecified atom stereocenters. The van der Waals surface area contributed by atoms with Crippen LogP contribution in [0.4, 0.5) is 0 Å². The Morgan fingerprint density at radius 3 is 2.73 bits per heavy atom. The van der Waals surface area contributed by atoms with E-state index in [-0.39, 0.29) is 30.3 Å². The number of nitrogens with one attached hydrogen (secondary N) is 1. The molecular formula is C7H11NO3. The number of rotatable bonds is 1. The van der Waals surface area contributed by atoms with E-state index in [1.165, 1.54) is 7.11 Å². The van der Waals surface area contributed by atoms with Gasteiger partial charge >= 0.3 is 5.97 Å². The molecule has 1 saturated heterocycles. The highest BCUT2D eigenvalue weighted by atomic mass is 16.5. The van der Waals surface area contributed by atoms with Crippen molar-refractivity contribution in [2.24, 2.45) is 5.92 Å². The van der Waals surface area contributed by atoms with E-state index in [0.29, 0.717) is 0 Å². The van der Waals surface area contributed by atoms with Crippen LogP contribution in [0.1, 0.15) is 13.3 Å². The van der Waals surface area contributed by atoms with Crippen LogP contribution in [0.25, 0.3) is 0 Å². The zero-order valence-electron chi connectivity index (χ0n) is 6.59. The van der Waals surface area contributed by atoms with Crippen molar-refractivity contribution in [2.45, 2.75) is 19.4 Å². The van der Waals surface area contributed by atoms with Crippen LogP contribution in [0.2, 0.25) is 0 Å². The Kier molecular flexibility index (Phi) is 2.12. The molecule has 1 N–H and O–H groups in total. The molecule has 2 atom stereocenters. The molecule has 11 heavy (non-hydrogen) atoms. The van der Waals surface area contributed by atoms with Gasteiger partial charge in [0.15, 0.2) is 0 Å². The monoisotopic (exact) mass is 157 g/mol. The van der Waals surface area contributed by atoms with Crippen molar-refractivity contribution < 1.29 is 14.3 Å². The quantitative estimate of drug-likeness (QED) is 0.531. The zero-order chi connectivity index (χ0) is 8.43. The van der Waals surface area contributed by atoms with Crippen LogP contribution in [0, 0.1) is 5.92 Å². The number of amides is 1. The second-order valence-corrected chi connectivity index (χ2v) is 2.69. The summed E-state index contributed by atoms with van der Waals surface area (Å²) in [5, 5.41) is 2.64. The summed E-state index contributed by atoms with van der Waals surface area (Å²) in [5.41, 5.74) is 0. The van der Waals surface area contributed by atoms with Gasteiger partial charge in [0.25, 0.3) is 0 Å². The van der Waals surface area contributed by atoms with Crippen LogP contribution in [0.5, 0.6) is 0 Å². The molecule has 1 heterocycles. The predicted octanol–water partition coefficient (Wildman–Crippen LogP) is -0.316. The van der Waals surface area contributed by atoms with Crippen LogP contribution in [0.3, 0.4) is 0 Å². The molecule has 1 rings (SSSR count). The number of methoxy groups -OCH3 is 1. The van der Waals surface area contributed by atoms with Crippen molar-refractivity contribution in [1.82, 2.24) is 5.32 Å². The number of esters is 1. The van der Waals surface area contributed by atoms with Gasteiger partial charge in [-0.15, -0.1) is 0 Å². The van der Waals surface area contributed by atoms with Gasteiger partial charge in [0.1, 0.15) is 0 Å². The van der Waals surface area contributed by atoms with E-state index in [4.69, 9.17) is 0 Å². The Bertz CT molecular complexity index is 190. The summed E-state index contributed by atoms with van der Waals surface area (Å²) in [7, 11) is 1.33. The van der Waals surface area contributed by atoms with Crippen LogP contribution >= 0.6 is 0 Å². The minimum Gasteiger partial charge on any atom is -0.469 e. The molecule has 0 saturated carbocycles. The first-order valence-electron chi connectivity index (χ1n) is 3.52. The number of hydrogen-bond acceptors (Lipinski definition) is 3. The van der Waals surface area contributed by atoms with Crippen molar-refractivity contribution in [3.8, 4) is 0 Å². The van der Waals surface area contributed by atoms with E-state index < -0.39 is 0 Å². The lowest BCUT2D eigenvalue weighted by molar-refractivity contribution is -0.146. The van der Waals surface area contributed by atoms with Gasteiger partial charge in [-0.1, -0.05) is 0 Å². The molecular weight excluding hydrogens is 146 g/mol. The van der Waals surface area contributed by atoms with Gasteiger partial charge in [0.2, 0.25) is 5.91 Å². The number of ether oxygens (including phenoxy) is 1. The fourth-order valence-corrected chi connectivity index (χ4v) is 1.23. The van der Waals surface area contributed by atoms with Gasteiger partial charge in [0.05, 0.1) is 13.0 Å². The van der Waals surface area contributed by atoms with Crippen molar-refractivity contribution >= 4 is 11.9 Å². The largest absolute Gasteiger partial charge is 0.469 e. The predicted molar refractivity (Wildman–Crippen MR) is 37.7 cm³/mol. The van der Waals surface area contributed by atoms with E-state index in [0.717, 1.165) is 0 Å². The summed E-state index contributed by atoms with van der Waals surface area (Å²) >= 11 is 0. The summed E-state index contributed by atoms with van der Waals surface area (Å²) in [6.07, 6.45) is 0.258. The van der Waals surface area contributed by atoms with E-state index in [9.17, 15) is 9.59 Å². The maximum Gasteiger partial charge on any atom is 0.311 e. The molecule has 62 valence electrons. The smallest absolute Gasteiger partial charge is 0.311 e. The van der Waals surface area contributed by atoms with Crippen molar-refractivity contribution in [2.75, 3.05) is 7.11 Å². The number of hydrogen-bond donors (Lipinski definition) is 1. The molecule has 1 fully saturated rings. The molecule has 0 aromatic rings. The third-order valence-corrected chi connectivity index (χ3v) is 1.90. The molecule has 0 bridgehead atoms. The zero-order valence-corrected chi connectivity index (χ0v) is 6.59. The fourth-order valence-electron chi connectivity index (χ4n) is 1.23. The average molecular weight is 157 g/mol. The van der Waals surface area contributed by atoms with Gasteiger partial charge < -0.3 is 10.1 Å². The fraction of sp³-hybridized carbons (Fsp3) is 0.714. The molecule has 1 aliphatic heterocycles.